The molecule has 6 nitrogen and oxygen atoms in total. The average Bonchev–Trinajstić information content (AvgIpc) is 2.88. The topological polar surface area (TPSA) is 70.3 Å². The Hall–Kier alpha value is -1.99. The van der Waals surface area contributed by atoms with E-state index in [0.717, 1.165) is 25.5 Å². The van der Waals surface area contributed by atoms with Gasteiger partial charge in [0.1, 0.15) is 12.4 Å². The number of nitrogens with zero attached hydrogens (tertiary/aromatic N) is 3. The maximum absolute atomic E-state index is 11.0. The van der Waals surface area contributed by atoms with Crippen molar-refractivity contribution in [1.82, 2.24) is 14.3 Å². The summed E-state index contributed by atoms with van der Waals surface area (Å²) >= 11 is 5.56. The second kappa shape index (κ2) is 8.75. The van der Waals surface area contributed by atoms with E-state index in [-0.39, 0.29) is 5.91 Å². The zero-order chi connectivity index (χ0) is 17.5. The Bertz CT molecular complexity index is 722. The predicted molar refractivity (Wildman–Crippen MR) is 95.9 cm³/mol. The van der Waals surface area contributed by atoms with Crippen LogP contribution in [-0.4, -0.2) is 26.8 Å². The summed E-state index contributed by atoms with van der Waals surface area (Å²) in [7, 11) is 0. The average molecular weight is 348 g/mol. The van der Waals surface area contributed by atoms with Crippen LogP contribution in [-0.2, 0) is 31.0 Å². The third-order valence-electron chi connectivity index (χ3n) is 4.08. The second-order valence-corrected chi connectivity index (χ2v) is 6.20. The van der Waals surface area contributed by atoms with Gasteiger partial charge in [0.25, 0.3) is 0 Å². The van der Waals surface area contributed by atoms with E-state index in [0.29, 0.717) is 24.3 Å². The molecule has 0 radical (unpaired) electrons. The number of amides is 1. The minimum Gasteiger partial charge on any atom is -0.370 e. The number of rotatable bonds is 9. The van der Waals surface area contributed by atoms with E-state index in [1.54, 1.807) is 0 Å². The summed E-state index contributed by atoms with van der Waals surface area (Å²) in [6.45, 7) is 7.55. The number of primary amides is 1. The first-order chi connectivity index (χ1) is 11.5. The molecule has 0 saturated carbocycles. The minimum atomic E-state index is -0.317. The van der Waals surface area contributed by atoms with Gasteiger partial charge in [-0.1, -0.05) is 30.3 Å². The highest BCUT2D eigenvalue weighted by Gasteiger charge is 2.15. The number of hydrogen-bond donors (Lipinski definition) is 2. The maximum atomic E-state index is 11.0. The van der Waals surface area contributed by atoms with Crippen LogP contribution < -0.4 is 10.6 Å². The molecule has 0 aliphatic carbocycles. The highest BCUT2D eigenvalue weighted by Crippen LogP contribution is 2.04. The number of quaternary nitrogens is 1. The first kappa shape index (κ1) is 18.4. The molecular formula is C17H26N5OS+. The lowest BCUT2D eigenvalue weighted by Gasteiger charge is -2.17. The van der Waals surface area contributed by atoms with Crippen LogP contribution in [0.2, 0.25) is 0 Å². The number of hydrogen-bond acceptors (Lipinski definition) is 3. The zero-order valence-corrected chi connectivity index (χ0v) is 15.2. The van der Waals surface area contributed by atoms with E-state index in [4.69, 9.17) is 18.0 Å². The van der Waals surface area contributed by atoms with Crippen molar-refractivity contribution >= 4 is 18.1 Å². The molecule has 3 N–H and O–H groups in total. The molecule has 1 heterocycles. The Balaban J connectivity index is 2.15. The monoisotopic (exact) mass is 348 g/mol. The van der Waals surface area contributed by atoms with Crippen molar-refractivity contribution in [1.29, 1.82) is 0 Å². The third kappa shape index (κ3) is 4.75. The number of nitrogens with two attached hydrogens (primary N) is 1. The Morgan fingerprint density at radius 3 is 2.58 bits per heavy atom. The molecule has 1 aromatic heterocycles. The van der Waals surface area contributed by atoms with Crippen molar-refractivity contribution in [2.75, 3.05) is 6.54 Å². The molecule has 0 aliphatic heterocycles. The van der Waals surface area contributed by atoms with Gasteiger partial charge >= 0.3 is 0 Å². The summed E-state index contributed by atoms with van der Waals surface area (Å²) in [6, 6.07) is 10.4. The summed E-state index contributed by atoms with van der Waals surface area (Å²) in [5.41, 5.74) is 6.55. The molecule has 24 heavy (non-hydrogen) atoms. The Kier molecular flexibility index (Phi) is 6.69. The number of aryl methyl sites for hydroxylation is 1. The van der Waals surface area contributed by atoms with Crippen LogP contribution >= 0.6 is 12.2 Å². The van der Waals surface area contributed by atoms with Gasteiger partial charge in [0.2, 0.25) is 10.7 Å². The van der Waals surface area contributed by atoms with Gasteiger partial charge in [-0.25, -0.2) is 0 Å². The van der Waals surface area contributed by atoms with Crippen LogP contribution in [0.25, 0.3) is 0 Å². The lowest BCUT2D eigenvalue weighted by atomic mass is 10.2. The van der Waals surface area contributed by atoms with Crippen molar-refractivity contribution in [2.24, 2.45) is 5.73 Å². The van der Waals surface area contributed by atoms with Crippen molar-refractivity contribution < 1.29 is 9.69 Å². The van der Waals surface area contributed by atoms with Crippen LogP contribution in [0.1, 0.15) is 31.7 Å². The normalized spacial score (nSPS) is 12.2. The van der Waals surface area contributed by atoms with Gasteiger partial charge in [0.15, 0.2) is 6.67 Å². The summed E-state index contributed by atoms with van der Waals surface area (Å²) in [5.74, 6) is 0.513. The van der Waals surface area contributed by atoms with Crippen molar-refractivity contribution in [3.8, 4) is 0 Å². The molecule has 2 aromatic rings. The standard InChI is InChI=1S/C17H25N5OS/c1-3-20(12-14-8-6-5-7-9-14)13-22-17(24)21(4-2)16(19-22)11-10-15(18)23/h5-9H,3-4,10-13H2,1-2H3,(H2,18,23)/p+1. The summed E-state index contributed by atoms with van der Waals surface area (Å²) < 4.78 is 4.56. The van der Waals surface area contributed by atoms with E-state index in [9.17, 15) is 4.79 Å². The van der Waals surface area contributed by atoms with Crippen molar-refractivity contribution in [3.63, 3.8) is 0 Å². The van der Waals surface area contributed by atoms with Gasteiger partial charge in [0, 0.05) is 24.9 Å². The van der Waals surface area contributed by atoms with E-state index in [2.05, 4.69) is 36.3 Å². The fourth-order valence-electron chi connectivity index (χ4n) is 2.72. The molecule has 2 rings (SSSR count). The smallest absolute Gasteiger partial charge is 0.217 e. The van der Waals surface area contributed by atoms with E-state index in [1.165, 1.54) is 10.5 Å². The van der Waals surface area contributed by atoms with Crippen molar-refractivity contribution in [2.45, 2.75) is 46.4 Å². The van der Waals surface area contributed by atoms with Gasteiger partial charge in [-0.15, -0.1) is 0 Å². The van der Waals surface area contributed by atoms with Crippen LogP contribution in [0.4, 0.5) is 0 Å². The molecule has 1 unspecified atom stereocenters. The van der Waals surface area contributed by atoms with Crippen LogP contribution in [0.5, 0.6) is 0 Å². The van der Waals surface area contributed by atoms with Gasteiger partial charge in [0.05, 0.1) is 6.54 Å². The number of nitrogens with one attached hydrogen (secondary N) is 1. The second-order valence-electron chi connectivity index (χ2n) is 5.83. The largest absolute Gasteiger partial charge is 0.370 e. The summed E-state index contributed by atoms with van der Waals surface area (Å²) in [4.78, 5) is 12.4. The van der Waals surface area contributed by atoms with E-state index < -0.39 is 0 Å². The van der Waals surface area contributed by atoms with Crippen LogP contribution in [0.3, 0.4) is 0 Å². The molecule has 0 aliphatic rings. The first-order valence-corrected chi connectivity index (χ1v) is 8.78. The fourth-order valence-corrected chi connectivity index (χ4v) is 3.06. The SMILES string of the molecule is CCn1c(CCC(N)=O)nn(C[NH+](CC)Cc2ccccc2)c1=S. The van der Waals surface area contributed by atoms with Crippen LogP contribution in [0, 0.1) is 4.77 Å². The highest BCUT2D eigenvalue weighted by atomic mass is 32.1. The number of aromatic nitrogens is 3. The molecule has 1 atom stereocenters. The number of carbonyl (C=O) groups is 1. The minimum absolute atomic E-state index is 0.292. The van der Waals surface area contributed by atoms with Crippen LogP contribution in [0.15, 0.2) is 30.3 Å². The van der Waals surface area contributed by atoms with E-state index in [1.807, 2.05) is 22.2 Å². The van der Waals surface area contributed by atoms with Gasteiger partial charge in [-0.05, 0) is 26.1 Å². The quantitative estimate of drug-likeness (QED) is 0.662. The molecule has 1 amide bonds. The molecular weight excluding hydrogens is 322 g/mol. The maximum Gasteiger partial charge on any atom is 0.217 e. The van der Waals surface area contributed by atoms with E-state index >= 15 is 0 Å². The van der Waals surface area contributed by atoms with Gasteiger partial charge in [-0.2, -0.15) is 9.78 Å². The lowest BCUT2D eigenvalue weighted by molar-refractivity contribution is -0.935. The van der Waals surface area contributed by atoms with Gasteiger partial charge < -0.3 is 15.2 Å². The third-order valence-corrected chi connectivity index (χ3v) is 4.51. The molecule has 130 valence electrons. The molecule has 7 heteroatoms. The number of carbonyl (C=O) groups excluding carboxylic acids is 1. The fraction of sp³-hybridized carbons (Fsp3) is 0.471. The summed E-state index contributed by atoms with van der Waals surface area (Å²) in [6.07, 6.45) is 0.820. The highest BCUT2D eigenvalue weighted by molar-refractivity contribution is 7.71. The zero-order valence-electron chi connectivity index (χ0n) is 14.4. The Labute approximate surface area is 147 Å². The molecule has 0 fully saturated rings. The summed E-state index contributed by atoms with van der Waals surface area (Å²) in [5, 5.41) is 4.63. The lowest BCUT2D eigenvalue weighted by Crippen LogP contribution is -3.09. The number of benzene rings is 1. The predicted octanol–water partition coefficient (Wildman–Crippen LogP) is 0.914. The molecule has 1 aromatic carbocycles. The molecule has 0 saturated heterocycles. The van der Waals surface area contributed by atoms with Crippen molar-refractivity contribution in [3.05, 3.63) is 46.5 Å². The molecule has 0 spiro atoms. The van der Waals surface area contributed by atoms with Gasteiger partial charge in [-0.3, -0.25) is 4.79 Å². The first-order valence-electron chi connectivity index (χ1n) is 8.37. The Morgan fingerprint density at radius 1 is 1.29 bits per heavy atom. The molecule has 0 bridgehead atoms. The Morgan fingerprint density at radius 2 is 2.00 bits per heavy atom.